The summed E-state index contributed by atoms with van der Waals surface area (Å²) in [5.74, 6) is 0. The molecule has 0 bridgehead atoms. The van der Waals surface area contributed by atoms with Gasteiger partial charge in [-0.1, -0.05) is 0 Å². The van der Waals surface area contributed by atoms with E-state index in [0.29, 0.717) is 0 Å². The Bertz CT molecular complexity index is 3100. The molecule has 0 saturated carbocycles. The van der Waals surface area contributed by atoms with Gasteiger partial charge in [-0.3, -0.25) is 0 Å². The molecule has 0 fully saturated rings. The summed E-state index contributed by atoms with van der Waals surface area (Å²) in [6.45, 7) is 0. The van der Waals surface area contributed by atoms with Crippen molar-refractivity contribution in [3.63, 3.8) is 0 Å². The fourth-order valence-corrected chi connectivity index (χ4v) is 11.2. The summed E-state index contributed by atoms with van der Waals surface area (Å²) in [6.07, 6.45) is 3.84. The van der Waals surface area contributed by atoms with Crippen LogP contribution in [0.15, 0.2) is 188 Å². The van der Waals surface area contributed by atoms with Crippen LogP contribution in [0.2, 0.25) is 0 Å². The molecule has 11 aromatic rings. The maximum atomic E-state index is 4.50. The molecule has 0 spiro atoms. The van der Waals surface area contributed by atoms with Crippen LogP contribution in [0.25, 0.3) is 107 Å². The average molecular weight is 737 g/mol. The van der Waals surface area contributed by atoms with Crippen molar-refractivity contribution in [2.45, 2.75) is 0 Å². The average Bonchev–Trinajstić information content (AvgIpc) is 3.61. The van der Waals surface area contributed by atoms with Crippen LogP contribution in [0, 0.1) is 0 Å². The second kappa shape index (κ2) is 12.1. The molecule has 2 heterocycles. The van der Waals surface area contributed by atoms with Crippen LogP contribution in [0.3, 0.4) is 0 Å². The number of benzene rings is 9. The standard InChI is InChI=1S/C51H31NSe/c1-2-14-32(15-3-1)47-39-21-8-10-23-41(39)50(42-24-11-9-22-40(42)47)44-25-12-26-45-51(44)43-28-27-33(30-46(43)53-45)48-35-17-4-6-19-37(35)49(34-16-13-29-52-31-34)38-20-7-5-18-36(38)48/h1-31H. The molecule has 0 atom stereocenters. The predicted molar refractivity (Wildman–Crippen MR) is 228 cm³/mol. The van der Waals surface area contributed by atoms with E-state index < -0.39 is 0 Å². The molecule has 0 N–H and O–H groups in total. The zero-order valence-corrected chi connectivity index (χ0v) is 30.5. The van der Waals surface area contributed by atoms with Gasteiger partial charge in [0, 0.05) is 0 Å². The number of hydrogen-bond acceptors (Lipinski definition) is 1. The first-order chi connectivity index (χ1) is 26.3. The van der Waals surface area contributed by atoms with E-state index in [1.807, 2.05) is 18.5 Å². The fourth-order valence-electron chi connectivity index (χ4n) is 8.79. The van der Waals surface area contributed by atoms with E-state index in [-0.39, 0.29) is 14.5 Å². The molecular weight excluding hydrogens is 706 g/mol. The van der Waals surface area contributed by atoms with E-state index in [1.165, 1.54) is 101 Å². The van der Waals surface area contributed by atoms with E-state index in [2.05, 4.69) is 175 Å². The van der Waals surface area contributed by atoms with E-state index in [4.69, 9.17) is 0 Å². The molecule has 9 aromatic carbocycles. The third-order valence-corrected chi connectivity index (χ3v) is 13.3. The van der Waals surface area contributed by atoms with E-state index >= 15 is 0 Å². The fraction of sp³-hybridized carbons (Fsp3) is 0. The van der Waals surface area contributed by atoms with Gasteiger partial charge in [0.05, 0.1) is 0 Å². The van der Waals surface area contributed by atoms with Crippen molar-refractivity contribution in [3.8, 4) is 44.5 Å². The minimum atomic E-state index is 0.174. The van der Waals surface area contributed by atoms with Crippen molar-refractivity contribution in [3.05, 3.63) is 188 Å². The molecule has 53 heavy (non-hydrogen) atoms. The minimum absolute atomic E-state index is 0.174. The Kier molecular flexibility index (Phi) is 6.95. The summed E-state index contributed by atoms with van der Waals surface area (Å²) in [5, 5.41) is 13.0. The Hall–Kier alpha value is -6.31. The van der Waals surface area contributed by atoms with Crippen LogP contribution in [0.1, 0.15) is 0 Å². The van der Waals surface area contributed by atoms with Crippen LogP contribution in [-0.2, 0) is 0 Å². The van der Waals surface area contributed by atoms with Crippen LogP contribution >= 0.6 is 0 Å². The van der Waals surface area contributed by atoms with Gasteiger partial charge in [-0.2, -0.15) is 0 Å². The molecule has 0 saturated heterocycles. The van der Waals surface area contributed by atoms with Gasteiger partial charge in [-0.05, 0) is 0 Å². The SMILES string of the molecule is c1ccc(-c2c3ccccc3c(-c3cccc4[se]c5cc(-c6c7ccccc7c(-c7cccnc7)c7ccccc67)ccc5c34)c3ccccc23)cc1. The molecule has 0 amide bonds. The van der Waals surface area contributed by atoms with Gasteiger partial charge >= 0.3 is 315 Å². The van der Waals surface area contributed by atoms with Crippen LogP contribution < -0.4 is 0 Å². The molecule has 0 aliphatic rings. The zero-order chi connectivity index (χ0) is 34.9. The van der Waals surface area contributed by atoms with Crippen molar-refractivity contribution in [1.82, 2.24) is 4.98 Å². The second-order valence-corrected chi connectivity index (χ2v) is 16.1. The summed E-state index contributed by atoms with van der Waals surface area (Å²) in [6, 6.07) is 65.1. The number of aromatic nitrogens is 1. The Labute approximate surface area is 313 Å². The first-order valence-corrected chi connectivity index (χ1v) is 19.8. The molecule has 2 heteroatoms. The van der Waals surface area contributed by atoms with Gasteiger partial charge in [-0.25, -0.2) is 0 Å². The summed E-state index contributed by atoms with van der Waals surface area (Å²) >= 11 is 0.174. The van der Waals surface area contributed by atoms with Crippen molar-refractivity contribution in [2.24, 2.45) is 0 Å². The Morgan fingerprint density at radius 3 is 1.36 bits per heavy atom. The van der Waals surface area contributed by atoms with Crippen LogP contribution in [0.4, 0.5) is 0 Å². The van der Waals surface area contributed by atoms with E-state index in [1.54, 1.807) is 0 Å². The Morgan fingerprint density at radius 1 is 0.321 bits per heavy atom. The van der Waals surface area contributed by atoms with Gasteiger partial charge < -0.3 is 0 Å². The molecule has 0 aliphatic carbocycles. The van der Waals surface area contributed by atoms with Crippen LogP contribution in [-0.4, -0.2) is 19.5 Å². The zero-order valence-electron chi connectivity index (χ0n) is 28.8. The summed E-state index contributed by atoms with van der Waals surface area (Å²) < 4.78 is 2.89. The summed E-state index contributed by atoms with van der Waals surface area (Å²) in [5.41, 5.74) is 10.1. The molecule has 0 aliphatic heterocycles. The second-order valence-electron chi connectivity index (χ2n) is 13.8. The maximum absolute atomic E-state index is 4.50. The first kappa shape index (κ1) is 30.3. The number of rotatable bonds is 4. The van der Waals surface area contributed by atoms with Crippen molar-refractivity contribution >= 4 is 76.9 Å². The molecule has 11 rings (SSSR count). The molecule has 0 unspecified atom stereocenters. The summed E-state index contributed by atoms with van der Waals surface area (Å²) in [4.78, 5) is 4.50. The molecule has 246 valence electrons. The molecule has 2 aromatic heterocycles. The predicted octanol–water partition coefficient (Wildman–Crippen LogP) is 13.7. The quantitative estimate of drug-likeness (QED) is 0.130. The third kappa shape index (κ3) is 4.67. The number of pyridine rings is 1. The topological polar surface area (TPSA) is 12.9 Å². The number of nitrogens with zero attached hydrogens (tertiary/aromatic N) is 1. The number of fused-ring (bicyclic) bond motifs is 7. The van der Waals surface area contributed by atoms with E-state index in [9.17, 15) is 0 Å². The van der Waals surface area contributed by atoms with Crippen LogP contribution in [0.5, 0.6) is 0 Å². The Morgan fingerprint density at radius 2 is 0.811 bits per heavy atom. The Balaban J connectivity index is 1.18. The van der Waals surface area contributed by atoms with Gasteiger partial charge in [-0.15, -0.1) is 0 Å². The number of hydrogen-bond donors (Lipinski definition) is 0. The van der Waals surface area contributed by atoms with Crippen molar-refractivity contribution < 1.29 is 0 Å². The monoisotopic (exact) mass is 737 g/mol. The van der Waals surface area contributed by atoms with Crippen molar-refractivity contribution in [2.75, 3.05) is 0 Å². The first-order valence-electron chi connectivity index (χ1n) is 18.1. The molecule has 0 radical (unpaired) electrons. The van der Waals surface area contributed by atoms with Gasteiger partial charge in [0.15, 0.2) is 0 Å². The van der Waals surface area contributed by atoms with Gasteiger partial charge in [0.2, 0.25) is 0 Å². The van der Waals surface area contributed by atoms with Gasteiger partial charge in [0.1, 0.15) is 0 Å². The molecule has 1 nitrogen and oxygen atoms in total. The normalized spacial score (nSPS) is 11.8. The van der Waals surface area contributed by atoms with E-state index in [0.717, 1.165) is 5.56 Å². The summed E-state index contributed by atoms with van der Waals surface area (Å²) in [7, 11) is 0. The van der Waals surface area contributed by atoms with Crippen molar-refractivity contribution in [1.29, 1.82) is 0 Å². The molecular formula is C51H31NSe. The van der Waals surface area contributed by atoms with Gasteiger partial charge in [0.25, 0.3) is 0 Å². The third-order valence-electron chi connectivity index (χ3n) is 10.9.